The summed E-state index contributed by atoms with van der Waals surface area (Å²) in [5.74, 6) is 6.65. The lowest BCUT2D eigenvalue weighted by Crippen LogP contribution is -2.28. The summed E-state index contributed by atoms with van der Waals surface area (Å²) < 4.78 is 5.86. The lowest BCUT2D eigenvalue weighted by molar-refractivity contribution is 0.237. The summed E-state index contributed by atoms with van der Waals surface area (Å²) in [6, 6.07) is 8.34. The minimum absolute atomic E-state index is 0.173. The Morgan fingerprint density at radius 3 is 2.53 bits per heavy atom. The molecule has 0 saturated heterocycles. The zero-order chi connectivity index (χ0) is 14.1. The largest absolute Gasteiger partial charge is 0.491 e. The molecule has 0 aliphatic carbocycles. The Balaban J connectivity index is 2.68. The van der Waals surface area contributed by atoms with Crippen molar-refractivity contribution in [3.8, 4) is 5.75 Å². The van der Waals surface area contributed by atoms with E-state index in [2.05, 4.69) is 18.4 Å². The molecule has 0 bridgehead atoms. The van der Waals surface area contributed by atoms with Crippen LogP contribution in [-0.2, 0) is 0 Å². The van der Waals surface area contributed by atoms with Crippen molar-refractivity contribution in [1.29, 1.82) is 0 Å². The van der Waals surface area contributed by atoms with Gasteiger partial charge in [-0.15, -0.1) is 0 Å². The zero-order valence-electron chi connectivity index (χ0n) is 12.5. The number of hydrogen-bond donors (Lipinski definition) is 2. The fourth-order valence-corrected chi connectivity index (χ4v) is 2.23. The highest BCUT2D eigenvalue weighted by Crippen LogP contribution is 2.28. The van der Waals surface area contributed by atoms with Gasteiger partial charge in [-0.1, -0.05) is 50.8 Å². The molecule has 0 amide bonds. The molecule has 0 heterocycles. The monoisotopic (exact) mass is 264 g/mol. The van der Waals surface area contributed by atoms with Crippen molar-refractivity contribution in [3.05, 3.63) is 29.8 Å². The second-order valence-corrected chi connectivity index (χ2v) is 5.27. The maximum atomic E-state index is 5.86. The highest BCUT2D eigenvalue weighted by molar-refractivity contribution is 5.36. The summed E-state index contributed by atoms with van der Waals surface area (Å²) in [5.41, 5.74) is 4.09. The summed E-state index contributed by atoms with van der Waals surface area (Å²) in [7, 11) is 0. The third-order valence-corrected chi connectivity index (χ3v) is 3.20. The molecule has 0 radical (unpaired) electrons. The standard InChI is InChI=1S/C16H28N2O/c1-4-5-6-7-11-15(18-17)14-10-8-9-12-16(14)19-13(2)3/h8-10,12-13,15,18H,4-7,11,17H2,1-3H3. The molecule has 1 aromatic carbocycles. The number of rotatable bonds is 9. The fraction of sp³-hybridized carbons (Fsp3) is 0.625. The lowest BCUT2D eigenvalue weighted by atomic mass is 9.99. The van der Waals surface area contributed by atoms with Gasteiger partial charge in [0, 0.05) is 11.6 Å². The quantitative estimate of drug-likeness (QED) is 0.403. The van der Waals surface area contributed by atoms with Gasteiger partial charge in [0.25, 0.3) is 0 Å². The number of unbranched alkanes of at least 4 members (excludes halogenated alkanes) is 3. The summed E-state index contributed by atoms with van der Waals surface area (Å²) in [5, 5.41) is 0. The van der Waals surface area contributed by atoms with Crippen LogP contribution in [0.1, 0.15) is 64.5 Å². The van der Waals surface area contributed by atoms with E-state index in [1.165, 1.54) is 25.7 Å². The van der Waals surface area contributed by atoms with Crippen LogP contribution in [-0.4, -0.2) is 6.10 Å². The van der Waals surface area contributed by atoms with Gasteiger partial charge in [-0.25, -0.2) is 0 Å². The molecule has 0 aliphatic rings. The maximum absolute atomic E-state index is 5.86. The summed E-state index contributed by atoms with van der Waals surface area (Å²) >= 11 is 0. The smallest absolute Gasteiger partial charge is 0.124 e. The molecule has 0 saturated carbocycles. The first-order valence-electron chi connectivity index (χ1n) is 7.40. The molecule has 3 nitrogen and oxygen atoms in total. The molecular weight excluding hydrogens is 236 g/mol. The van der Waals surface area contributed by atoms with Gasteiger partial charge in [0.15, 0.2) is 0 Å². The van der Waals surface area contributed by atoms with Crippen LogP contribution in [0.5, 0.6) is 5.75 Å². The third-order valence-electron chi connectivity index (χ3n) is 3.20. The molecule has 1 rings (SSSR count). The van der Waals surface area contributed by atoms with Gasteiger partial charge in [0.05, 0.1) is 6.10 Å². The molecule has 1 atom stereocenters. The van der Waals surface area contributed by atoms with Crippen LogP contribution < -0.4 is 16.0 Å². The van der Waals surface area contributed by atoms with Crippen molar-refractivity contribution in [3.63, 3.8) is 0 Å². The average molecular weight is 264 g/mol. The van der Waals surface area contributed by atoms with Gasteiger partial charge in [-0.05, 0) is 26.3 Å². The number of hydrazine groups is 1. The maximum Gasteiger partial charge on any atom is 0.124 e. The first-order chi connectivity index (χ1) is 9.19. The minimum Gasteiger partial charge on any atom is -0.491 e. The third kappa shape index (κ3) is 5.62. The topological polar surface area (TPSA) is 47.3 Å². The van der Waals surface area contributed by atoms with Crippen LogP contribution in [0.3, 0.4) is 0 Å². The van der Waals surface area contributed by atoms with Crippen molar-refractivity contribution < 1.29 is 4.74 Å². The van der Waals surface area contributed by atoms with E-state index in [1.807, 2.05) is 32.0 Å². The van der Waals surface area contributed by atoms with Crippen LogP contribution in [0.15, 0.2) is 24.3 Å². The molecule has 0 aliphatic heterocycles. The van der Waals surface area contributed by atoms with Gasteiger partial charge in [0.2, 0.25) is 0 Å². The van der Waals surface area contributed by atoms with E-state index in [9.17, 15) is 0 Å². The van der Waals surface area contributed by atoms with Crippen LogP contribution >= 0.6 is 0 Å². The van der Waals surface area contributed by atoms with E-state index in [4.69, 9.17) is 10.6 Å². The molecule has 0 aromatic heterocycles. The SMILES string of the molecule is CCCCCCC(NN)c1ccccc1OC(C)C. The lowest BCUT2D eigenvalue weighted by Gasteiger charge is -2.21. The van der Waals surface area contributed by atoms with E-state index in [-0.39, 0.29) is 12.1 Å². The van der Waals surface area contributed by atoms with E-state index in [0.717, 1.165) is 17.7 Å². The molecule has 3 N–H and O–H groups in total. The van der Waals surface area contributed by atoms with Gasteiger partial charge >= 0.3 is 0 Å². The highest BCUT2D eigenvalue weighted by Gasteiger charge is 2.14. The highest BCUT2D eigenvalue weighted by atomic mass is 16.5. The Kier molecular flexibility index (Phi) is 7.53. The van der Waals surface area contributed by atoms with Crippen molar-refractivity contribution in [2.24, 2.45) is 5.84 Å². The molecule has 108 valence electrons. The van der Waals surface area contributed by atoms with Crippen LogP contribution in [0.4, 0.5) is 0 Å². The molecule has 1 unspecified atom stereocenters. The molecule has 1 aromatic rings. The predicted octanol–water partition coefficient (Wildman–Crippen LogP) is 3.95. The summed E-state index contributed by atoms with van der Waals surface area (Å²) in [6.07, 6.45) is 6.24. The van der Waals surface area contributed by atoms with Gasteiger partial charge in [0.1, 0.15) is 5.75 Å². The Morgan fingerprint density at radius 1 is 1.16 bits per heavy atom. The van der Waals surface area contributed by atoms with Gasteiger partial charge in [-0.3, -0.25) is 11.3 Å². The Hall–Kier alpha value is -1.06. The molecule has 19 heavy (non-hydrogen) atoms. The van der Waals surface area contributed by atoms with E-state index in [0.29, 0.717) is 0 Å². The molecule has 0 fully saturated rings. The average Bonchev–Trinajstić information content (AvgIpc) is 2.39. The second-order valence-electron chi connectivity index (χ2n) is 5.27. The minimum atomic E-state index is 0.173. The van der Waals surface area contributed by atoms with Gasteiger partial charge in [-0.2, -0.15) is 0 Å². The summed E-state index contributed by atoms with van der Waals surface area (Å²) in [4.78, 5) is 0. The number of hydrogen-bond acceptors (Lipinski definition) is 3. The molecular formula is C16H28N2O. The number of ether oxygens (including phenoxy) is 1. The van der Waals surface area contributed by atoms with Crippen LogP contribution in [0.25, 0.3) is 0 Å². The van der Waals surface area contributed by atoms with Crippen molar-refractivity contribution >= 4 is 0 Å². The van der Waals surface area contributed by atoms with Crippen molar-refractivity contribution in [2.45, 2.75) is 65.0 Å². The Bertz CT molecular complexity index is 352. The number of benzene rings is 1. The van der Waals surface area contributed by atoms with E-state index < -0.39 is 0 Å². The first-order valence-corrected chi connectivity index (χ1v) is 7.40. The molecule has 3 heteroatoms. The van der Waals surface area contributed by atoms with Crippen LogP contribution in [0.2, 0.25) is 0 Å². The van der Waals surface area contributed by atoms with E-state index >= 15 is 0 Å². The Labute approximate surface area is 117 Å². The van der Waals surface area contributed by atoms with Crippen molar-refractivity contribution in [1.82, 2.24) is 5.43 Å². The zero-order valence-corrected chi connectivity index (χ0v) is 12.5. The molecule has 0 spiro atoms. The van der Waals surface area contributed by atoms with Crippen molar-refractivity contribution in [2.75, 3.05) is 0 Å². The predicted molar refractivity (Wildman–Crippen MR) is 81.0 cm³/mol. The number of para-hydroxylation sites is 1. The summed E-state index contributed by atoms with van der Waals surface area (Å²) in [6.45, 7) is 6.32. The Morgan fingerprint density at radius 2 is 1.89 bits per heavy atom. The normalized spacial score (nSPS) is 12.7. The first kappa shape index (κ1) is 16.0. The van der Waals surface area contributed by atoms with Crippen LogP contribution in [0, 0.1) is 0 Å². The second kappa shape index (κ2) is 8.94. The fourth-order valence-electron chi connectivity index (χ4n) is 2.23. The van der Waals surface area contributed by atoms with Gasteiger partial charge < -0.3 is 4.74 Å². The number of nitrogens with one attached hydrogen (secondary N) is 1. The number of nitrogens with two attached hydrogens (primary N) is 1. The van der Waals surface area contributed by atoms with E-state index in [1.54, 1.807) is 0 Å².